The fourth-order valence-electron chi connectivity index (χ4n) is 6.88. The highest BCUT2D eigenvalue weighted by Crippen LogP contribution is 2.36. The number of benzene rings is 2. The Morgan fingerprint density at radius 2 is 1.90 bits per heavy atom. The Bertz CT molecular complexity index is 1500. The number of carbonyl (C=O) groups is 2. The Balaban J connectivity index is 1.28. The zero-order valence-electron chi connectivity index (χ0n) is 23.8. The molecule has 1 saturated heterocycles. The summed E-state index contributed by atoms with van der Waals surface area (Å²) >= 11 is 0. The van der Waals surface area contributed by atoms with Crippen LogP contribution in [-0.2, 0) is 11.8 Å². The van der Waals surface area contributed by atoms with E-state index in [2.05, 4.69) is 34.0 Å². The summed E-state index contributed by atoms with van der Waals surface area (Å²) in [5.74, 6) is -1.48. The number of hydrogen-bond donors (Lipinski definition) is 2. The van der Waals surface area contributed by atoms with Gasteiger partial charge in [-0.2, -0.15) is 5.10 Å². The van der Waals surface area contributed by atoms with Crippen molar-refractivity contribution in [1.29, 1.82) is 0 Å². The van der Waals surface area contributed by atoms with Crippen LogP contribution >= 0.6 is 0 Å². The Kier molecular flexibility index (Phi) is 7.65. The molecule has 8 heteroatoms. The fourth-order valence-corrected chi connectivity index (χ4v) is 6.88. The van der Waals surface area contributed by atoms with E-state index in [0.717, 1.165) is 16.6 Å². The Labute approximate surface area is 240 Å². The number of allylic oxidation sites excluding steroid dienone is 2. The third kappa shape index (κ3) is 5.52. The molecule has 2 fully saturated rings. The van der Waals surface area contributed by atoms with Gasteiger partial charge in [-0.1, -0.05) is 37.1 Å². The van der Waals surface area contributed by atoms with E-state index in [9.17, 15) is 14.0 Å². The summed E-state index contributed by atoms with van der Waals surface area (Å²) in [6.07, 6.45) is 15.2. The molecule has 1 aromatic heterocycles. The van der Waals surface area contributed by atoms with Crippen LogP contribution in [0, 0.1) is 24.6 Å². The van der Waals surface area contributed by atoms with Gasteiger partial charge in [0.2, 0.25) is 5.91 Å². The van der Waals surface area contributed by atoms with Gasteiger partial charge in [0, 0.05) is 42.3 Å². The molecule has 1 saturated carbocycles. The van der Waals surface area contributed by atoms with Crippen molar-refractivity contribution in [1.82, 2.24) is 20.0 Å². The van der Waals surface area contributed by atoms with Crippen LogP contribution in [0.3, 0.4) is 0 Å². The first-order valence-corrected chi connectivity index (χ1v) is 14.8. The number of likely N-dealkylation sites (tertiary alicyclic amines) is 1. The largest absolute Gasteiger partial charge is 0.383 e. The molecule has 2 N–H and O–H groups in total. The maximum absolute atomic E-state index is 15.0. The van der Waals surface area contributed by atoms with Crippen LogP contribution in [-0.4, -0.2) is 45.1 Å². The van der Waals surface area contributed by atoms with Crippen LogP contribution < -0.4 is 10.6 Å². The van der Waals surface area contributed by atoms with Crippen LogP contribution in [0.5, 0.6) is 0 Å². The summed E-state index contributed by atoms with van der Waals surface area (Å²) < 4.78 is 16.8. The summed E-state index contributed by atoms with van der Waals surface area (Å²) in [5.41, 5.74) is 3.43. The second kappa shape index (κ2) is 11.5. The van der Waals surface area contributed by atoms with E-state index in [1.54, 1.807) is 34.8 Å². The normalized spacial score (nSPS) is 23.0. The van der Waals surface area contributed by atoms with Crippen LogP contribution in [0.2, 0.25) is 0 Å². The van der Waals surface area contributed by atoms with Gasteiger partial charge >= 0.3 is 0 Å². The molecule has 0 spiro atoms. The average molecular weight is 556 g/mol. The molecule has 6 rings (SSSR count). The van der Waals surface area contributed by atoms with Gasteiger partial charge in [-0.25, -0.2) is 4.39 Å². The van der Waals surface area contributed by atoms with E-state index in [0.29, 0.717) is 43.1 Å². The number of halogens is 1. The number of nitrogens with one attached hydrogen (secondary N) is 2. The number of amides is 2. The molecular formula is C33H38FN5O2. The summed E-state index contributed by atoms with van der Waals surface area (Å²) in [7, 11) is 1.87. The van der Waals surface area contributed by atoms with Crippen molar-refractivity contribution in [2.75, 3.05) is 11.9 Å². The number of aromatic nitrogens is 2. The molecule has 1 unspecified atom stereocenters. The summed E-state index contributed by atoms with van der Waals surface area (Å²) in [6, 6.07) is 10.6. The van der Waals surface area contributed by atoms with Gasteiger partial charge in [0.1, 0.15) is 5.82 Å². The number of hydrogen-bond acceptors (Lipinski definition) is 4. The lowest BCUT2D eigenvalue weighted by molar-refractivity contribution is -0.123. The number of anilines is 1. The first-order chi connectivity index (χ1) is 19.9. The molecule has 41 heavy (non-hydrogen) atoms. The summed E-state index contributed by atoms with van der Waals surface area (Å²) in [4.78, 5) is 29.6. The molecule has 2 aliphatic carbocycles. The summed E-state index contributed by atoms with van der Waals surface area (Å²) in [5, 5.41) is 12.1. The lowest BCUT2D eigenvalue weighted by atomic mass is 9.77. The van der Waals surface area contributed by atoms with E-state index in [1.165, 1.54) is 31.7 Å². The highest BCUT2D eigenvalue weighted by molar-refractivity contribution is 5.98. The monoisotopic (exact) mass is 555 g/mol. The maximum atomic E-state index is 15.0. The van der Waals surface area contributed by atoms with Crippen molar-refractivity contribution in [3.8, 4) is 0 Å². The molecule has 2 amide bonds. The average Bonchev–Trinajstić information content (AvgIpc) is 3.62. The number of piperidine rings is 1. The SMILES string of the molecule is Cc1cccc(F)c1C(=O)N1CCC[C@H](C(=O)Nc2ccc3cnn(C)c3c2)[C@@H]1C1C=CC(NC2CCCC2)=CC1. The molecule has 3 aliphatic rings. The van der Waals surface area contributed by atoms with Gasteiger partial charge in [0.25, 0.3) is 5.91 Å². The van der Waals surface area contributed by atoms with E-state index in [4.69, 9.17) is 0 Å². The van der Waals surface area contributed by atoms with Crippen LogP contribution in [0.1, 0.15) is 60.9 Å². The standard InChI is InChI=1S/C33H38FN5O2/c1-21-7-5-11-28(34)30(21)33(41)39-18-6-10-27(32(40)37-26-17-14-23-20-35-38(2)29(23)19-26)31(39)22-12-15-25(16-13-22)36-24-8-3-4-9-24/h5,7,11-12,14-17,19-20,22,24,27,31,36H,3-4,6,8-10,13,18H2,1-2H3,(H,37,40)/t22?,27-,31-/m0/s1. The molecular weight excluding hydrogens is 517 g/mol. The quantitative estimate of drug-likeness (QED) is 0.399. The number of nitrogens with zero attached hydrogens (tertiary/aromatic N) is 3. The van der Waals surface area contributed by atoms with E-state index >= 15 is 0 Å². The van der Waals surface area contributed by atoms with Gasteiger partial charge < -0.3 is 15.5 Å². The topological polar surface area (TPSA) is 79.3 Å². The van der Waals surface area contributed by atoms with Crippen molar-refractivity contribution < 1.29 is 14.0 Å². The Hall–Kier alpha value is -3.94. The second-order valence-electron chi connectivity index (χ2n) is 11.7. The van der Waals surface area contributed by atoms with Gasteiger partial charge in [-0.15, -0.1) is 0 Å². The van der Waals surface area contributed by atoms with Crippen molar-refractivity contribution in [3.63, 3.8) is 0 Å². The van der Waals surface area contributed by atoms with Crippen LogP contribution in [0.15, 0.2) is 66.5 Å². The highest BCUT2D eigenvalue weighted by atomic mass is 19.1. The van der Waals surface area contributed by atoms with Gasteiger partial charge in [0.05, 0.1) is 29.2 Å². The lowest BCUT2D eigenvalue weighted by Gasteiger charge is -2.44. The maximum Gasteiger partial charge on any atom is 0.257 e. The molecule has 2 heterocycles. The minimum absolute atomic E-state index is 0.0595. The smallest absolute Gasteiger partial charge is 0.257 e. The number of fused-ring (bicyclic) bond motifs is 1. The lowest BCUT2D eigenvalue weighted by Crippen LogP contribution is -2.55. The summed E-state index contributed by atoms with van der Waals surface area (Å²) in [6.45, 7) is 2.25. The van der Waals surface area contributed by atoms with Crippen molar-refractivity contribution in [2.45, 2.75) is 64.0 Å². The van der Waals surface area contributed by atoms with Gasteiger partial charge in [-0.3, -0.25) is 14.3 Å². The third-order valence-corrected chi connectivity index (χ3v) is 9.03. The molecule has 2 aromatic carbocycles. The van der Waals surface area contributed by atoms with Crippen molar-refractivity contribution in [2.24, 2.45) is 18.9 Å². The van der Waals surface area contributed by atoms with E-state index < -0.39 is 17.8 Å². The number of aryl methyl sites for hydroxylation is 2. The first kappa shape index (κ1) is 27.2. The van der Waals surface area contributed by atoms with E-state index in [1.807, 2.05) is 25.2 Å². The van der Waals surface area contributed by atoms with Crippen molar-refractivity contribution in [3.05, 3.63) is 83.5 Å². The second-order valence-corrected chi connectivity index (χ2v) is 11.7. The van der Waals surface area contributed by atoms with Crippen LogP contribution in [0.4, 0.5) is 10.1 Å². The predicted octanol–water partition coefficient (Wildman–Crippen LogP) is 5.87. The Morgan fingerprint density at radius 3 is 2.66 bits per heavy atom. The molecule has 1 aliphatic heterocycles. The predicted molar refractivity (Wildman–Crippen MR) is 159 cm³/mol. The molecule has 214 valence electrons. The van der Waals surface area contributed by atoms with Crippen LogP contribution in [0.25, 0.3) is 10.9 Å². The Morgan fingerprint density at radius 1 is 1.07 bits per heavy atom. The van der Waals surface area contributed by atoms with Gasteiger partial charge in [-0.05, 0) is 74.9 Å². The molecule has 3 atom stereocenters. The number of carbonyl (C=O) groups excluding carboxylic acids is 2. The number of rotatable bonds is 6. The molecule has 3 aromatic rings. The highest BCUT2D eigenvalue weighted by Gasteiger charge is 2.43. The molecule has 0 bridgehead atoms. The fraction of sp³-hybridized carbons (Fsp3) is 0.424. The minimum Gasteiger partial charge on any atom is -0.383 e. The minimum atomic E-state index is -0.521. The van der Waals surface area contributed by atoms with Crippen molar-refractivity contribution >= 4 is 28.4 Å². The zero-order valence-corrected chi connectivity index (χ0v) is 23.8. The zero-order chi connectivity index (χ0) is 28.5. The van der Waals surface area contributed by atoms with Gasteiger partial charge in [0.15, 0.2) is 0 Å². The molecule has 0 radical (unpaired) electrons. The molecule has 7 nitrogen and oxygen atoms in total. The third-order valence-electron chi connectivity index (χ3n) is 9.03. The first-order valence-electron chi connectivity index (χ1n) is 14.8. The van der Waals surface area contributed by atoms with E-state index in [-0.39, 0.29) is 23.3 Å².